The molecule has 1 aliphatic heterocycles. The van der Waals surface area contributed by atoms with Crippen LogP contribution in [0.2, 0.25) is 0 Å². The van der Waals surface area contributed by atoms with Crippen molar-refractivity contribution >= 4 is 11.6 Å². The Morgan fingerprint density at radius 1 is 0.833 bits per heavy atom. The number of rotatable bonds is 3. The lowest BCUT2D eigenvalue weighted by molar-refractivity contribution is -0.115. The molecule has 4 aromatic rings. The van der Waals surface area contributed by atoms with Gasteiger partial charge in [-0.3, -0.25) is 4.79 Å². The van der Waals surface area contributed by atoms with E-state index in [2.05, 4.69) is 23.5 Å². The highest BCUT2D eigenvalue weighted by molar-refractivity contribution is 6.02. The van der Waals surface area contributed by atoms with Crippen LogP contribution in [0.3, 0.4) is 0 Å². The molecule has 1 N–H and O–H groups in total. The number of para-hydroxylation sites is 1. The van der Waals surface area contributed by atoms with E-state index in [1.807, 2.05) is 66.7 Å². The van der Waals surface area contributed by atoms with Crippen LogP contribution in [0, 0.1) is 0 Å². The van der Waals surface area contributed by atoms with Gasteiger partial charge in [-0.25, -0.2) is 4.98 Å². The second kappa shape index (κ2) is 7.48. The predicted molar refractivity (Wildman–Crippen MR) is 119 cm³/mol. The second-order valence-corrected chi connectivity index (χ2v) is 7.25. The van der Waals surface area contributed by atoms with Crippen molar-refractivity contribution in [3.63, 3.8) is 0 Å². The minimum Gasteiger partial charge on any atom is -0.497 e. The molecule has 0 aliphatic carbocycles. The number of benzene rings is 3. The number of aromatic nitrogens is 1. The van der Waals surface area contributed by atoms with Crippen LogP contribution >= 0.6 is 0 Å². The fourth-order valence-corrected chi connectivity index (χ4v) is 3.91. The van der Waals surface area contributed by atoms with E-state index >= 15 is 0 Å². The summed E-state index contributed by atoms with van der Waals surface area (Å²) in [6, 6.07) is 28.0. The van der Waals surface area contributed by atoms with Crippen LogP contribution in [0.15, 0.2) is 84.9 Å². The molecule has 0 radical (unpaired) electrons. The Morgan fingerprint density at radius 3 is 2.33 bits per heavy atom. The number of anilines is 1. The van der Waals surface area contributed by atoms with E-state index < -0.39 is 0 Å². The number of fused-ring (bicyclic) bond motifs is 3. The van der Waals surface area contributed by atoms with Gasteiger partial charge in [-0.15, -0.1) is 0 Å². The summed E-state index contributed by atoms with van der Waals surface area (Å²) >= 11 is 0. The molecule has 0 saturated carbocycles. The first-order valence-electron chi connectivity index (χ1n) is 9.86. The zero-order valence-electron chi connectivity index (χ0n) is 16.6. The average Bonchev–Trinajstić information content (AvgIpc) is 2.94. The van der Waals surface area contributed by atoms with Gasteiger partial charge in [0.2, 0.25) is 5.91 Å². The molecule has 4 heteroatoms. The molecule has 0 unspecified atom stereocenters. The molecule has 1 amide bonds. The first-order chi connectivity index (χ1) is 14.7. The zero-order chi connectivity index (χ0) is 20.5. The molecule has 30 heavy (non-hydrogen) atoms. The molecule has 3 aromatic carbocycles. The number of nitrogens with one attached hydrogen (secondary N) is 1. The van der Waals surface area contributed by atoms with Crippen LogP contribution in [0.4, 0.5) is 5.69 Å². The SMILES string of the molecule is COc1ccc(-c2cc(-c3ccccc3)nc3c2CC(=O)Nc2ccccc2-3)cc1. The Morgan fingerprint density at radius 2 is 1.57 bits per heavy atom. The third-order valence-electron chi connectivity index (χ3n) is 5.39. The monoisotopic (exact) mass is 392 g/mol. The summed E-state index contributed by atoms with van der Waals surface area (Å²) in [7, 11) is 1.66. The molecule has 0 bridgehead atoms. The molecule has 4 nitrogen and oxygen atoms in total. The fraction of sp³-hybridized carbons (Fsp3) is 0.0769. The van der Waals surface area contributed by atoms with Crippen molar-refractivity contribution < 1.29 is 9.53 Å². The molecule has 1 aromatic heterocycles. The van der Waals surface area contributed by atoms with Gasteiger partial charge < -0.3 is 10.1 Å². The van der Waals surface area contributed by atoms with E-state index in [9.17, 15) is 4.79 Å². The molecular weight excluding hydrogens is 372 g/mol. The van der Waals surface area contributed by atoms with E-state index in [1.165, 1.54) is 0 Å². The molecule has 0 atom stereocenters. The first-order valence-corrected chi connectivity index (χ1v) is 9.86. The smallest absolute Gasteiger partial charge is 0.228 e. The van der Waals surface area contributed by atoms with Crippen molar-refractivity contribution in [1.82, 2.24) is 4.98 Å². The highest BCUT2D eigenvalue weighted by Crippen LogP contribution is 2.39. The van der Waals surface area contributed by atoms with Crippen molar-refractivity contribution in [2.24, 2.45) is 0 Å². The molecule has 2 heterocycles. The summed E-state index contributed by atoms with van der Waals surface area (Å²) in [5, 5.41) is 3.03. The van der Waals surface area contributed by atoms with Crippen molar-refractivity contribution in [3.05, 3.63) is 90.5 Å². The Labute approximate surface area is 175 Å². The van der Waals surface area contributed by atoms with E-state index in [4.69, 9.17) is 9.72 Å². The lowest BCUT2D eigenvalue weighted by Gasteiger charge is -2.16. The van der Waals surface area contributed by atoms with Gasteiger partial charge >= 0.3 is 0 Å². The van der Waals surface area contributed by atoms with Crippen molar-refractivity contribution in [2.45, 2.75) is 6.42 Å². The van der Waals surface area contributed by atoms with Gasteiger partial charge in [-0.2, -0.15) is 0 Å². The van der Waals surface area contributed by atoms with Crippen LogP contribution in [0.5, 0.6) is 5.75 Å². The minimum atomic E-state index is -0.0368. The van der Waals surface area contributed by atoms with E-state index in [1.54, 1.807) is 7.11 Å². The highest BCUT2D eigenvalue weighted by Gasteiger charge is 2.24. The third kappa shape index (κ3) is 3.22. The summed E-state index contributed by atoms with van der Waals surface area (Å²) in [6.45, 7) is 0. The molecule has 5 rings (SSSR count). The van der Waals surface area contributed by atoms with E-state index in [0.717, 1.165) is 50.6 Å². The zero-order valence-corrected chi connectivity index (χ0v) is 16.6. The van der Waals surface area contributed by atoms with Gasteiger partial charge in [0.25, 0.3) is 0 Å². The quantitative estimate of drug-likeness (QED) is 0.495. The van der Waals surface area contributed by atoms with Gasteiger partial charge in [-0.1, -0.05) is 60.7 Å². The van der Waals surface area contributed by atoms with Crippen molar-refractivity contribution in [3.8, 4) is 39.4 Å². The summed E-state index contributed by atoms with van der Waals surface area (Å²) in [5.41, 5.74) is 7.46. The largest absolute Gasteiger partial charge is 0.497 e. The Balaban J connectivity index is 1.81. The van der Waals surface area contributed by atoms with Gasteiger partial charge in [0, 0.05) is 11.1 Å². The summed E-state index contributed by atoms with van der Waals surface area (Å²) in [6.07, 6.45) is 0.271. The number of carbonyl (C=O) groups is 1. The van der Waals surface area contributed by atoms with Crippen LogP contribution in [-0.2, 0) is 11.2 Å². The predicted octanol–water partition coefficient (Wildman–Crippen LogP) is 5.59. The molecule has 1 aliphatic rings. The normalized spacial score (nSPS) is 12.4. The number of hydrogen-bond acceptors (Lipinski definition) is 3. The molecule has 0 spiro atoms. The number of nitrogens with zero attached hydrogens (tertiary/aromatic N) is 1. The number of pyridine rings is 1. The standard InChI is InChI=1S/C26H20N2O2/c1-30-19-13-11-17(12-14-19)21-15-24(18-7-3-2-4-8-18)28-26-20-9-5-6-10-23(20)27-25(29)16-22(21)26/h2-15H,16H2,1H3,(H,27,29). The van der Waals surface area contributed by atoms with Crippen LogP contribution in [0.1, 0.15) is 5.56 Å². The van der Waals surface area contributed by atoms with E-state index in [-0.39, 0.29) is 12.3 Å². The van der Waals surface area contributed by atoms with Gasteiger partial charge in [-0.05, 0) is 41.0 Å². The van der Waals surface area contributed by atoms with Crippen LogP contribution in [-0.4, -0.2) is 18.0 Å². The van der Waals surface area contributed by atoms with Gasteiger partial charge in [0.05, 0.1) is 30.6 Å². The van der Waals surface area contributed by atoms with Gasteiger partial charge in [0.1, 0.15) is 5.75 Å². The van der Waals surface area contributed by atoms with E-state index in [0.29, 0.717) is 0 Å². The summed E-state index contributed by atoms with van der Waals surface area (Å²) in [5.74, 6) is 0.760. The third-order valence-corrected chi connectivity index (χ3v) is 5.39. The lowest BCUT2D eigenvalue weighted by atomic mass is 9.92. The number of amides is 1. The topological polar surface area (TPSA) is 51.2 Å². The second-order valence-electron chi connectivity index (χ2n) is 7.25. The average molecular weight is 392 g/mol. The van der Waals surface area contributed by atoms with Gasteiger partial charge in [0.15, 0.2) is 0 Å². The number of carbonyl (C=O) groups excluding carboxylic acids is 1. The lowest BCUT2D eigenvalue weighted by Crippen LogP contribution is -2.13. The molecule has 0 fully saturated rings. The highest BCUT2D eigenvalue weighted by atomic mass is 16.5. The van der Waals surface area contributed by atoms with Crippen LogP contribution < -0.4 is 10.1 Å². The number of ether oxygens (including phenoxy) is 1. The number of hydrogen-bond donors (Lipinski definition) is 1. The Hall–Kier alpha value is -3.92. The maximum Gasteiger partial charge on any atom is 0.228 e. The minimum absolute atomic E-state index is 0.0368. The molecule has 0 saturated heterocycles. The first kappa shape index (κ1) is 18.1. The maximum absolute atomic E-state index is 12.7. The summed E-state index contributed by atoms with van der Waals surface area (Å²) < 4.78 is 5.32. The molecule has 146 valence electrons. The summed E-state index contributed by atoms with van der Waals surface area (Å²) in [4.78, 5) is 17.7. The fourth-order valence-electron chi connectivity index (χ4n) is 3.91. The van der Waals surface area contributed by atoms with Crippen LogP contribution in [0.25, 0.3) is 33.6 Å². The maximum atomic E-state index is 12.7. The Bertz CT molecular complexity index is 1230. The van der Waals surface area contributed by atoms with Crippen molar-refractivity contribution in [2.75, 3.05) is 12.4 Å². The number of methoxy groups -OCH3 is 1. The molecular formula is C26H20N2O2. The Kier molecular flexibility index (Phi) is 4.52. The van der Waals surface area contributed by atoms with Crippen molar-refractivity contribution in [1.29, 1.82) is 0 Å².